The summed E-state index contributed by atoms with van der Waals surface area (Å²) >= 11 is 0. The summed E-state index contributed by atoms with van der Waals surface area (Å²) in [6.45, 7) is -2.86. The molecule has 2 rings (SSSR count). The number of aromatic nitrogens is 5. The second-order valence-corrected chi connectivity index (χ2v) is 2.49. The van der Waals surface area contributed by atoms with E-state index in [0.29, 0.717) is 11.5 Å². The van der Waals surface area contributed by atoms with Gasteiger partial charge in [0.15, 0.2) is 0 Å². The van der Waals surface area contributed by atoms with Crippen LogP contribution in [0.4, 0.5) is 8.78 Å². The molecule has 0 radical (unpaired) electrons. The van der Waals surface area contributed by atoms with Crippen molar-refractivity contribution in [3.8, 4) is 17.3 Å². The summed E-state index contributed by atoms with van der Waals surface area (Å²) in [5.74, 6) is 0.274. The zero-order valence-corrected chi connectivity index (χ0v) is 7.26. The van der Waals surface area contributed by atoms with Crippen molar-refractivity contribution in [3.63, 3.8) is 0 Å². The Hall–Kier alpha value is -2.12. The third-order valence-electron chi connectivity index (χ3n) is 1.54. The number of nitrogens with one attached hydrogen (secondary N) is 1. The molecule has 0 aliphatic rings. The van der Waals surface area contributed by atoms with E-state index in [2.05, 4.69) is 30.3 Å². The van der Waals surface area contributed by atoms with Crippen LogP contribution >= 0.6 is 0 Å². The predicted molar refractivity (Wildman–Crippen MR) is 44.0 cm³/mol. The van der Waals surface area contributed by atoms with Gasteiger partial charge in [-0.05, 0) is 17.3 Å². The van der Waals surface area contributed by atoms with Crippen molar-refractivity contribution in [2.75, 3.05) is 0 Å². The van der Waals surface area contributed by atoms with Crippen LogP contribution < -0.4 is 4.74 Å². The van der Waals surface area contributed by atoms with Gasteiger partial charge in [0, 0.05) is 0 Å². The van der Waals surface area contributed by atoms with Gasteiger partial charge in [-0.1, -0.05) is 0 Å². The smallest absolute Gasteiger partial charge is 0.387 e. The van der Waals surface area contributed by atoms with Crippen molar-refractivity contribution < 1.29 is 13.5 Å². The van der Waals surface area contributed by atoms with E-state index in [-0.39, 0.29) is 5.75 Å². The first-order valence-corrected chi connectivity index (χ1v) is 3.90. The average molecular weight is 213 g/mol. The first-order valence-electron chi connectivity index (χ1n) is 3.90. The van der Waals surface area contributed by atoms with Crippen LogP contribution in [0.5, 0.6) is 5.75 Å². The number of rotatable bonds is 3. The van der Waals surface area contributed by atoms with E-state index >= 15 is 0 Å². The van der Waals surface area contributed by atoms with Crippen LogP contribution in [0.2, 0.25) is 0 Å². The summed E-state index contributed by atoms with van der Waals surface area (Å²) in [4.78, 5) is 3.83. The standard InChI is InChI=1S/C7H5F2N5O/c8-7(9)15-4-1-2-5(10-3-4)6-11-13-14-12-6/h1-3,7H,(H,11,12,13,14). The predicted octanol–water partition coefficient (Wildman–Crippen LogP) is 0.863. The van der Waals surface area contributed by atoms with Crippen molar-refractivity contribution in [2.45, 2.75) is 6.61 Å². The Morgan fingerprint density at radius 3 is 2.73 bits per heavy atom. The molecule has 0 saturated heterocycles. The van der Waals surface area contributed by atoms with Gasteiger partial charge >= 0.3 is 6.61 Å². The van der Waals surface area contributed by atoms with Crippen molar-refractivity contribution in [2.24, 2.45) is 0 Å². The number of tetrazole rings is 1. The van der Waals surface area contributed by atoms with Crippen LogP contribution in [0.3, 0.4) is 0 Å². The van der Waals surface area contributed by atoms with Crippen molar-refractivity contribution in [1.82, 2.24) is 25.6 Å². The van der Waals surface area contributed by atoms with Crippen molar-refractivity contribution in [1.29, 1.82) is 0 Å². The normalized spacial score (nSPS) is 10.6. The molecule has 2 heterocycles. The molecule has 2 aromatic heterocycles. The van der Waals surface area contributed by atoms with Crippen LogP contribution in [0.1, 0.15) is 0 Å². The highest BCUT2D eigenvalue weighted by Crippen LogP contribution is 2.16. The zero-order valence-electron chi connectivity index (χ0n) is 7.26. The number of hydrogen-bond donors (Lipinski definition) is 1. The summed E-state index contributed by atoms with van der Waals surface area (Å²) < 4.78 is 27.7. The minimum atomic E-state index is -2.86. The Balaban J connectivity index is 2.17. The van der Waals surface area contributed by atoms with Crippen LogP contribution in [0, 0.1) is 0 Å². The molecule has 0 aromatic carbocycles. The molecule has 0 aliphatic carbocycles. The number of aromatic amines is 1. The summed E-state index contributed by atoms with van der Waals surface area (Å²) in [5, 5.41) is 13.0. The second-order valence-electron chi connectivity index (χ2n) is 2.49. The van der Waals surface area contributed by atoms with Gasteiger partial charge in [0.1, 0.15) is 11.4 Å². The first kappa shape index (κ1) is 9.44. The third-order valence-corrected chi connectivity index (χ3v) is 1.54. The molecular weight excluding hydrogens is 208 g/mol. The van der Waals surface area contributed by atoms with Crippen molar-refractivity contribution in [3.05, 3.63) is 18.3 Å². The highest BCUT2D eigenvalue weighted by Gasteiger charge is 2.07. The molecule has 2 aromatic rings. The number of halogens is 2. The van der Waals surface area contributed by atoms with Gasteiger partial charge in [-0.25, -0.2) is 4.98 Å². The fraction of sp³-hybridized carbons (Fsp3) is 0.143. The van der Waals surface area contributed by atoms with Gasteiger partial charge in [-0.15, -0.1) is 10.2 Å². The molecule has 0 amide bonds. The molecule has 0 saturated carbocycles. The Labute approximate surface area is 82.3 Å². The molecular formula is C7H5F2N5O. The number of ether oxygens (including phenoxy) is 1. The molecule has 0 spiro atoms. The van der Waals surface area contributed by atoms with E-state index in [9.17, 15) is 8.78 Å². The minimum Gasteiger partial charge on any atom is -0.433 e. The largest absolute Gasteiger partial charge is 0.433 e. The van der Waals surface area contributed by atoms with Crippen LogP contribution in [-0.2, 0) is 0 Å². The Morgan fingerprint density at radius 2 is 2.20 bits per heavy atom. The SMILES string of the molecule is FC(F)Oc1ccc(-c2nn[nH]n2)nc1. The third kappa shape index (κ3) is 2.22. The number of nitrogens with zero attached hydrogens (tertiary/aromatic N) is 4. The Kier molecular flexibility index (Phi) is 2.48. The lowest BCUT2D eigenvalue weighted by Crippen LogP contribution is -2.02. The molecule has 0 aliphatic heterocycles. The number of H-pyrrole nitrogens is 1. The first-order chi connectivity index (χ1) is 7.25. The van der Waals surface area contributed by atoms with Crippen LogP contribution in [0.25, 0.3) is 11.5 Å². The molecule has 0 atom stereocenters. The summed E-state index contributed by atoms with van der Waals surface area (Å²) in [6, 6.07) is 2.81. The zero-order chi connectivity index (χ0) is 10.7. The number of pyridine rings is 1. The highest BCUT2D eigenvalue weighted by molar-refractivity contribution is 5.48. The average Bonchev–Trinajstić information content (AvgIpc) is 2.71. The fourth-order valence-corrected chi connectivity index (χ4v) is 0.955. The summed E-state index contributed by atoms with van der Waals surface area (Å²) in [7, 11) is 0. The number of alkyl halides is 2. The lowest BCUT2D eigenvalue weighted by atomic mass is 10.3. The second kappa shape index (κ2) is 3.95. The monoisotopic (exact) mass is 213 g/mol. The maximum absolute atomic E-state index is 11.8. The molecule has 1 N–H and O–H groups in total. The molecule has 8 heteroatoms. The van der Waals surface area contributed by atoms with E-state index in [4.69, 9.17) is 0 Å². The number of hydrogen-bond acceptors (Lipinski definition) is 5. The van der Waals surface area contributed by atoms with Gasteiger partial charge in [0.25, 0.3) is 0 Å². The Bertz CT molecular complexity index is 415. The van der Waals surface area contributed by atoms with E-state index in [1.165, 1.54) is 12.1 Å². The maximum Gasteiger partial charge on any atom is 0.387 e. The van der Waals surface area contributed by atoms with Gasteiger partial charge in [-0.2, -0.15) is 14.0 Å². The van der Waals surface area contributed by atoms with Gasteiger partial charge in [-0.3, -0.25) is 0 Å². The Morgan fingerprint density at radius 1 is 1.33 bits per heavy atom. The lowest BCUT2D eigenvalue weighted by Gasteiger charge is -2.02. The van der Waals surface area contributed by atoms with E-state index < -0.39 is 6.61 Å². The topological polar surface area (TPSA) is 76.6 Å². The molecule has 15 heavy (non-hydrogen) atoms. The molecule has 0 fully saturated rings. The molecule has 0 unspecified atom stereocenters. The maximum atomic E-state index is 11.8. The van der Waals surface area contributed by atoms with Crippen LogP contribution in [-0.4, -0.2) is 32.2 Å². The van der Waals surface area contributed by atoms with E-state index in [1.54, 1.807) is 0 Å². The molecule has 78 valence electrons. The van der Waals surface area contributed by atoms with Crippen LogP contribution in [0.15, 0.2) is 18.3 Å². The van der Waals surface area contributed by atoms with Gasteiger partial charge in [0.2, 0.25) is 5.82 Å². The quantitative estimate of drug-likeness (QED) is 0.818. The summed E-state index contributed by atoms with van der Waals surface area (Å²) in [6.07, 6.45) is 1.16. The van der Waals surface area contributed by atoms with E-state index in [0.717, 1.165) is 6.20 Å². The summed E-state index contributed by atoms with van der Waals surface area (Å²) in [5.41, 5.74) is 0.422. The van der Waals surface area contributed by atoms with E-state index in [1.807, 2.05) is 0 Å². The van der Waals surface area contributed by atoms with Gasteiger partial charge in [0.05, 0.1) is 6.20 Å². The molecule has 0 bridgehead atoms. The van der Waals surface area contributed by atoms with Crippen molar-refractivity contribution >= 4 is 0 Å². The molecule has 6 nitrogen and oxygen atoms in total. The minimum absolute atomic E-state index is 0.0164. The lowest BCUT2D eigenvalue weighted by molar-refractivity contribution is -0.0500. The highest BCUT2D eigenvalue weighted by atomic mass is 19.3. The van der Waals surface area contributed by atoms with Gasteiger partial charge < -0.3 is 4.74 Å². The fourth-order valence-electron chi connectivity index (χ4n) is 0.955.